The van der Waals surface area contributed by atoms with Crippen molar-refractivity contribution in [2.24, 2.45) is 11.8 Å². The minimum absolute atomic E-state index is 0.0677. The molecule has 1 aliphatic carbocycles. The van der Waals surface area contributed by atoms with Crippen LogP contribution in [0.3, 0.4) is 0 Å². The molecule has 0 aromatic heterocycles. The molecule has 2 aromatic rings. The summed E-state index contributed by atoms with van der Waals surface area (Å²) in [6.45, 7) is 4.40. The van der Waals surface area contributed by atoms with Gasteiger partial charge in [-0.15, -0.1) is 0 Å². The van der Waals surface area contributed by atoms with Crippen LogP contribution in [0.1, 0.15) is 23.1 Å². The summed E-state index contributed by atoms with van der Waals surface area (Å²) in [6.07, 6.45) is 0.602. The van der Waals surface area contributed by atoms with E-state index in [9.17, 15) is 9.59 Å². The van der Waals surface area contributed by atoms with Crippen LogP contribution in [0.4, 0.5) is 5.69 Å². The largest absolute Gasteiger partial charge is 0.497 e. The van der Waals surface area contributed by atoms with Crippen LogP contribution in [0, 0.1) is 25.7 Å². The van der Waals surface area contributed by atoms with Crippen LogP contribution in [0.5, 0.6) is 5.75 Å². The number of hydrogen-bond acceptors (Lipinski definition) is 3. The number of anilines is 1. The van der Waals surface area contributed by atoms with Gasteiger partial charge < -0.3 is 15.4 Å². The number of carbonyl (C=O) groups excluding carboxylic acids is 2. The first-order valence-electron chi connectivity index (χ1n) is 8.76. The van der Waals surface area contributed by atoms with Gasteiger partial charge in [-0.3, -0.25) is 9.59 Å². The van der Waals surface area contributed by atoms with E-state index in [0.29, 0.717) is 13.0 Å². The van der Waals surface area contributed by atoms with Crippen LogP contribution in [-0.2, 0) is 16.1 Å². The third kappa shape index (κ3) is 4.23. The molecule has 5 heteroatoms. The van der Waals surface area contributed by atoms with Crippen molar-refractivity contribution in [2.75, 3.05) is 12.4 Å². The summed E-state index contributed by atoms with van der Waals surface area (Å²) in [5.74, 6) is 0.153. The molecule has 0 bridgehead atoms. The molecule has 2 aromatic carbocycles. The lowest BCUT2D eigenvalue weighted by Gasteiger charge is -2.09. The van der Waals surface area contributed by atoms with E-state index in [1.165, 1.54) is 0 Å². The molecule has 0 radical (unpaired) electrons. The SMILES string of the molecule is COc1ccc(CNC(=O)C2CC2C(=O)Nc2cc(C)ccc2C)cc1. The second-order valence-corrected chi connectivity index (χ2v) is 6.82. The first kappa shape index (κ1) is 18.0. The quantitative estimate of drug-likeness (QED) is 0.839. The molecule has 5 nitrogen and oxygen atoms in total. The zero-order valence-electron chi connectivity index (χ0n) is 15.3. The monoisotopic (exact) mass is 352 g/mol. The molecule has 136 valence electrons. The summed E-state index contributed by atoms with van der Waals surface area (Å²) in [5, 5.41) is 5.86. The standard InChI is InChI=1S/C21H24N2O3/c1-13-4-5-14(2)19(10-13)23-21(25)18-11-17(18)20(24)22-12-15-6-8-16(26-3)9-7-15/h4-10,17-18H,11-12H2,1-3H3,(H,22,24)(H,23,25). The van der Waals surface area contributed by atoms with Crippen molar-refractivity contribution in [1.82, 2.24) is 5.32 Å². The molecule has 1 aliphatic rings. The molecule has 1 saturated carbocycles. The highest BCUT2D eigenvalue weighted by atomic mass is 16.5. The van der Waals surface area contributed by atoms with Crippen LogP contribution in [0.2, 0.25) is 0 Å². The Morgan fingerprint density at radius 3 is 2.42 bits per heavy atom. The molecule has 2 unspecified atom stereocenters. The number of nitrogens with one attached hydrogen (secondary N) is 2. The highest BCUT2D eigenvalue weighted by molar-refractivity contribution is 5.99. The lowest BCUT2D eigenvalue weighted by molar-refractivity contribution is -0.125. The Kier molecular flexibility index (Phi) is 5.26. The average molecular weight is 352 g/mol. The molecular formula is C21H24N2O3. The zero-order valence-corrected chi connectivity index (χ0v) is 15.3. The number of methoxy groups -OCH3 is 1. The molecule has 2 N–H and O–H groups in total. The number of aryl methyl sites for hydroxylation is 2. The third-order valence-corrected chi connectivity index (χ3v) is 4.74. The first-order chi connectivity index (χ1) is 12.5. The van der Waals surface area contributed by atoms with Crippen molar-refractivity contribution in [1.29, 1.82) is 0 Å². The molecule has 0 saturated heterocycles. The van der Waals surface area contributed by atoms with Crippen LogP contribution in [0.25, 0.3) is 0 Å². The summed E-state index contributed by atoms with van der Waals surface area (Å²) in [5.41, 5.74) is 3.93. The average Bonchev–Trinajstić information content (AvgIpc) is 3.44. The van der Waals surface area contributed by atoms with Gasteiger partial charge in [0.2, 0.25) is 11.8 Å². The maximum absolute atomic E-state index is 12.4. The number of hydrogen-bond donors (Lipinski definition) is 2. The van der Waals surface area contributed by atoms with Crippen molar-refractivity contribution in [3.63, 3.8) is 0 Å². The number of benzene rings is 2. The topological polar surface area (TPSA) is 67.4 Å². The van der Waals surface area contributed by atoms with E-state index < -0.39 is 0 Å². The molecule has 0 spiro atoms. The van der Waals surface area contributed by atoms with Gasteiger partial charge in [0.15, 0.2) is 0 Å². The van der Waals surface area contributed by atoms with E-state index in [1.807, 2.05) is 56.3 Å². The number of amides is 2. The lowest BCUT2D eigenvalue weighted by atomic mass is 10.1. The van der Waals surface area contributed by atoms with Crippen molar-refractivity contribution < 1.29 is 14.3 Å². The molecule has 2 amide bonds. The number of rotatable bonds is 6. The molecule has 0 aliphatic heterocycles. The maximum Gasteiger partial charge on any atom is 0.228 e. The molecule has 3 rings (SSSR count). The lowest BCUT2D eigenvalue weighted by Crippen LogP contribution is -2.27. The molecular weight excluding hydrogens is 328 g/mol. The highest BCUT2D eigenvalue weighted by Gasteiger charge is 2.47. The normalized spacial score (nSPS) is 18.1. The number of carbonyl (C=O) groups is 2. The van der Waals surface area contributed by atoms with Crippen molar-refractivity contribution >= 4 is 17.5 Å². The smallest absolute Gasteiger partial charge is 0.228 e. The Morgan fingerprint density at radius 1 is 1.04 bits per heavy atom. The Bertz CT molecular complexity index is 815. The molecule has 2 atom stereocenters. The Hall–Kier alpha value is -2.82. The van der Waals surface area contributed by atoms with E-state index >= 15 is 0 Å². The second kappa shape index (κ2) is 7.60. The van der Waals surface area contributed by atoms with Gasteiger partial charge in [0.25, 0.3) is 0 Å². The van der Waals surface area contributed by atoms with Crippen molar-refractivity contribution in [3.05, 3.63) is 59.2 Å². The Labute approximate surface area is 153 Å². The third-order valence-electron chi connectivity index (χ3n) is 4.74. The fraction of sp³-hybridized carbons (Fsp3) is 0.333. The maximum atomic E-state index is 12.4. The van der Waals surface area contributed by atoms with Gasteiger partial charge in [0.05, 0.1) is 18.9 Å². The second-order valence-electron chi connectivity index (χ2n) is 6.82. The molecule has 0 heterocycles. The van der Waals surface area contributed by atoms with Gasteiger partial charge in [0, 0.05) is 12.2 Å². The number of ether oxygens (including phenoxy) is 1. The predicted molar refractivity (Wildman–Crippen MR) is 101 cm³/mol. The van der Waals surface area contributed by atoms with E-state index in [4.69, 9.17) is 4.74 Å². The summed E-state index contributed by atoms with van der Waals surface area (Å²) in [7, 11) is 1.62. The van der Waals surface area contributed by atoms with Crippen LogP contribution in [0.15, 0.2) is 42.5 Å². The van der Waals surface area contributed by atoms with Gasteiger partial charge in [-0.05, 0) is 55.2 Å². The van der Waals surface area contributed by atoms with E-state index in [2.05, 4.69) is 10.6 Å². The summed E-state index contributed by atoms with van der Waals surface area (Å²) in [4.78, 5) is 24.7. The van der Waals surface area contributed by atoms with Gasteiger partial charge >= 0.3 is 0 Å². The van der Waals surface area contributed by atoms with Crippen molar-refractivity contribution in [3.8, 4) is 5.75 Å². The van der Waals surface area contributed by atoms with E-state index in [1.54, 1.807) is 7.11 Å². The zero-order chi connectivity index (χ0) is 18.7. The van der Waals surface area contributed by atoms with E-state index in [-0.39, 0.29) is 23.7 Å². The summed E-state index contributed by atoms with van der Waals surface area (Å²) < 4.78 is 5.12. The van der Waals surface area contributed by atoms with Gasteiger partial charge in [-0.1, -0.05) is 24.3 Å². The highest BCUT2D eigenvalue weighted by Crippen LogP contribution is 2.39. The van der Waals surface area contributed by atoms with Gasteiger partial charge in [0.1, 0.15) is 5.75 Å². The molecule has 1 fully saturated rings. The fourth-order valence-corrected chi connectivity index (χ4v) is 2.93. The predicted octanol–water partition coefficient (Wildman–Crippen LogP) is 3.20. The van der Waals surface area contributed by atoms with Crippen LogP contribution < -0.4 is 15.4 Å². The molecule has 26 heavy (non-hydrogen) atoms. The Morgan fingerprint density at radius 2 is 1.73 bits per heavy atom. The van der Waals surface area contributed by atoms with Crippen LogP contribution in [-0.4, -0.2) is 18.9 Å². The summed E-state index contributed by atoms with van der Waals surface area (Å²) in [6, 6.07) is 13.5. The minimum atomic E-state index is -0.245. The van der Waals surface area contributed by atoms with Crippen LogP contribution >= 0.6 is 0 Å². The minimum Gasteiger partial charge on any atom is -0.497 e. The van der Waals surface area contributed by atoms with Gasteiger partial charge in [-0.25, -0.2) is 0 Å². The Balaban J connectivity index is 1.50. The fourth-order valence-electron chi connectivity index (χ4n) is 2.93. The first-order valence-corrected chi connectivity index (χ1v) is 8.76. The van der Waals surface area contributed by atoms with Crippen molar-refractivity contribution in [2.45, 2.75) is 26.8 Å². The van der Waals surface area contributed by atoms with Gasteiger partial charge in [-0.2, -0.15) is 0 Å². The van der Waals surface area contributed by atoms with E-state index in [0.717, 1.165) is 28.1 Å². The summed E-state index contributed by atoms with van der Waals surface area (Å²) >= 11 is 0.